The van der Waals surface area contributed by atoms with Crippen LogP contribution in [0.3, 0.4) is 0 Å². The molecule has 5 nitrogen and oxygen atoms in total. The lowest BCUT2D eigenvalue weighted by atomic mass is 9.70. The van der Waals surface area contributed by atoms with Crippen molar-refractivity contribution in [2.75, 3.05) is 40.4 Å². The molecule has 1 unspecified atom stereocenters. The van der Waals surface area contributed by atoms with E-state index >= 15 is 4.39 Å². The van der Waals surface area contributed by atoms with Gasteiger partial charge in [-0.1, -0.05) is 55.8 Å². The van der Waals surface area contributed by atoms with E-state index in [9.17, 15) is 4.79 Å². The first kappa shape index (κ1) is 29.3. The van der Waals surface area contributed by atoms with Gasteiger partial charge in [0.15, 0.2) is 0 Å². The zero-order valence-corrected chi connectivity index (χ0v) is 23.3. The molecule has 0 aromatic heterocycles. The molecule has 0 radical (unpaired) electrons. The summed E-state index contributed by atoms with van der Waals surface area (Å²) in [4.78, 5) is 15.2. The van der Waals surface area contributed by atoms with E-state index in [-0.39, 0.29) is 16.8 Å². The highest BCUT2D eigenvalue weighted by Crippen LogP contribution is 2.43. The maximum Gasteiger partial charge on any atom is 0.217 e. The molecule has 1 aromatic carbocycles. The van der Waals surface area contributed by atoms with E-state index in [1.54, 1.807) is 26.2 Å². The number of ether oxygens (including phenoxy) is 1. The van der Waals surface area contributed by atoms with E-state index < -0.39 is 11.4 Å². The topological polar surface area (TPSA) is 53.6 Å². The molecular formula is C29H47ClFN3O2. The van der Waals surface area contributed by atoms with Gasteiger partial charge in [-0.3, -0.25) is 9.69 Å². The number of carbonyl (C=O) groups excluding carboxylic acids is 1. The Kier molecular flexibility index (Phi) is 11.9. The van der Waals surface area contributed by atoms with Crippen molar-refractivity contribution in [1.29, 1.82) is 0 Å². The number of halogens is 2. The second-order valence-corrected chi connectivity index (χ2v) is 11.4. The molecule has 204 valence electrons. The lowest BCUT2D eigenvalue weighted by Crippen LogP contribution is -2.58. The van der Waals surface area contributed by atoms with Gasteiger partial charge in [0.25, 0.3) is 0 Å². The molecule has 1 aromatic rings. The van der Waals surface area contributed by atoms with Crippen LogP contribution in [0.1, 0.15) is 83.1 Å². The Morgan fingerprint density at radius 2 is 2.00 bits per heavy atom. The fourth-order valence-electron chi connectivity index (χ4n) is 6.75. The Bertz CT molecular complexity index is 820. The number of rotatable bonds is 13. The van der Waals surface area contributed by atoms with Crippen molar-refractivity contribution in [3.8, 4) is 0 Å². The predicted octanol–water partition coefficient (Wildman–Crippen LogP) is 5.90. The second-order valence-electron chi connectivity index (χ2n) is 11.0. The summed E-state index contributed by atoms with van der Waals surface area (Å²) >= 11 is 6.28. The fourth-order valence-corrected chi connectivity index (χ4v) is 6.92. The number of hydrogen-bond donors (Lipinski definition) is 2. The van der Waals surface area contributed by atoms with Crippen LogP contribution in [0, 0.1) is 17.7 Å². The minimum atomic E-state index is -0.803. The van der Waals surface area contributed by atoms with E-state index in [1.165, 1.54) is 38.5 Å². The minimum Gasteiger partial charge on any atom is -0.385 e. The van der Waals surface area contributed by atoms with Crippen LogP contribution in [0.25, 0.3) is 0 Å². The number of nitrogens with zero attached hydrogens (tertiary/aromatic N) is 1. The standard InChI is InChI=1S/C29H47ClFN3O2/c1-22(35)33-29(16-7-8-18-36-3,26-14-9-15-27(30)28(26)31)24-13-10-17-34(21-24)25(20-32-2)19-23-11-5-4-6-12-23/h9,14-15,23-25,32H,4-8,10-13,16-21H2,1-3H3,(H,33,35)/t24-,25?,29+/m1/s1. The summed E-state index contributed by atoms with van der Waals surface area (Å²) < 4.78 is 20.9. The zero-order chi connectivity index (χ0) is 26.0. The Balaban J connectivity index is 1.92. The van der Waals surface area contributed by atoms with Gasteiger partial charge in [-0.25, -0.2) is 4.39 Å². The molecule has 3 rings (SSSR count). The van der Waals surface area contributed by atoms with Crippen LogP contribution >= 0.6 is 11.6 Å². The van der Waals surface area contributed by atoms with Gasteiger partial charge in [-0.2, -0.15) is 0 Å². The molecule has 1 aliphatic heterocycles. The molecule has 1 saturated heterocycles. The van der Waals surface area contributed by atoms with Gasteiger partial charge in [-0.05, 0) is 70.0 Å². The van der Waals surface area contributed by atoms with Crippen molar-refractivity contribution in [1.82, 2.24) is 15.5 Å². The molecule has 1 saturated carbocycles. The van der Waals surface area contributed by atoms with E-state index in [0.717, 1.165) is 51.2 Å². The maximum absolute atomic E-state index is 15.6. The van der Waals surface area contributed by atoms with Crippen molar-refractivity contribution < 1.29 is 13.9 Å². The van der Waals surface area contributed by atoms with Crippen molar-refractivity contribution in [2.45, 2.75) is 89.1 Å². The van der Waals surface area contributed by atoms with E-state index in [0.29, 0.717) is 24.6 Å². The highest BCUT2D eigenvalue weighted by Gasteiger charge is 2.45. The van der Waals surface area contributed by atoms with Crippen molar-refractivity contribution >= 4 is 17.5 Å². The molecule has 0 spiro atoms. The minimum absolute atomic E-state index is 0.0939. The van der Waals surface area contributed by atoms with E-state index in [1.807, 2.05) is 13.1 Å². The van der Waals surface area contributed by atoms with Crippen molar-refractivity contribution in [3.63, 3.8) is 0 Å². The Labute approximate surface area is 222 Å². The lowest BCUT2D eigenvalue weighted by Gasteiger charge is -2.48. The fraction of sp³-hybridized carbons (Fsp3) is 0.759. The number of likely N-dealkylation sites (tertiary alicyclic amines) is 1. The first-order chi connectivity index (χ1) is 17.4. The third kappa shape index (κ3) is 7.66. The molecule has 7 heteroatoms. The van der Waals surface area contributed by atoms with Crippen LogP contribution in [0.15, 0.2) is 18.2 Å². The number of hydrogen-bond acceptors (Lipinski definition) is 4. The SMILES string of the molecule is CNCC(CC1CCCCC1)N1CCC[C@@H]([C@](CCCCOC)(NC(C)=O)c2cccc(Cl)c2F)C1. The number of carbonyl (C=O) groups is 1. The number of unbranched alkanes of at least 4 members (excludes halogenated alkanes) is 1. The Hall–Kier alpha value is -1.21. The molecule has 3 atom stereocenters. The Morgan fingerprint density at radius 3 is 2.69 bits per heavy atom. The summed E-state index contributed by atoms with van der Waals surface area (Å²) in [5.41, 5.74) is -0.283. The van der Waals surface area contributed by atoms with Crippen LogP contribution in [0.5, 0.6) is 0 Å². The number of piperidine rings is 1. The second kappa shape index (κ2) is 14.7. The zero-order valence-electron chi connectivity index (χ0n) is 22.6. The van der Waals surface area contributed by atoms with Crippen LogP contribution in [0.2, 0.25) is 5.02 Å². The number of amides is 1. The van der Waals surface area contributed by atoms with Crippen molar-refractivity contribution in [3.05, 3.63) is 34.6 Å². The molecule has 1 heterocycles. The van der Waals surface area contributed by atoms with E-state index in [2.05, 4.69) is 15.5 Å². The number of methoxy groups -OCH3 is 1. The van der Waals surface area contributed by atoms with Gasteiger partial charge in [-0.15, -0.1) is 0 Å². The smallest absolute Gasteiger partial charge is 0.217 e. The maximum atomic E-state index is 15.6. The average molecular weight is 524 g/mol. The van der Waals surface area contributed by atoms with Crippen molar-refractivity contribution in [2.24, 2.45) is 11.8 Å². The predicted molar refractivity (Wildman–Crippen MR) is 146 cm³/mol. The monoisotopic (exact) mass is 523 g/mol. The molecular weight excluding hydrogens is 477 g/mol. The number of likely N-dealkylation sites (N-methyl/N-ethyl adjacent to an activating group) is 1. The van der Waals surface area contributed by atoms with Gasteiger partial charge >= 0.3 is 0 Å². The molecule has 2 N–H and O–H groups in total. The molecule has 36 heavy (non-hydrogen) atoms. The van der Waals surface area contributed by atoms with Gasteiger partial charge in [0.2, 0.25) is 5.91 Å². The number of nitrogens with one attached hydrogen (secondary N) is 2. The summed E-state index contributed by atoms with van der Waals surface area (Å²) in [5.74, 6) is 0.339. The molecule has 1 aliphatic carbocycles. The molecule has 0 bridgehead atoms. The Morgan fingerprint density at radius 1 is 1.22 bits per heavy atom. The summed E-state index contributed by atoms with van der Waals surface area (Å²) in [5, 5.41) is 6.82. The summed E-state index contributed by atoms with van der Waals surface area (Å²) in [6.07, 6.45) is 12.3. The van der Waals surface area contributed by atoms with Crippen LogP contribution in [0.4, 0.5) is 4.39 Å². The third-order valence-corrected chi connectivity index (χ3v) is 8.73. The van der Waals surface area contributed by atoms with Crippen LogP contribution < -0.4 is 10.6 Å². The quantitative estimate of drug-likeness (QED) is 0.316. The van der Waals surface area contributed by atoms with Gasteiger partial charge in [0, 0.05) is 45.3 Å². The first-order valence-electron chi connectivity index (χ1n) is 14.0. The molecule has 2 fully saturated rings. The molecule has 2 aliphatic rings. The highest BCUT2D eigenvalue weighted by molar-refractivity contribution is 6.30. The summed E-state index contributed by atoms with van der Waals surface area (Å²) in [6.45, 7) is 5.04. The summed E-state index contributed by atoms with van der Waals surface area (Å²) in [6, 6.07) is 5.66. The van der Waals surface area contributed by atoms with Gasteiger partial charge < -0.3 is 15.4 Å². The highest BCUT2D eigenvalue weighted by atomic mass is 35.5. The average Bonchev–Trinajstić information content (AvgIpc) is 2.88. The first-order valence-corrected chi connectivity index (χ1v) is 14.4. The summed E-state index contributed by atoms with van der Waals surface area (Å²) in [7, 11) is 3.74. The molecule has 1 amide bonds. The third-order valence-electron chi connectivity index (χ3n) is 8.44. The lowest BCUT2D eigenvalue weighted by molar-refractivity contribution is -0.122. The normalized spacial score (nSPS) is 22.2. The van der Waals surface area contributed by atoms with Gasteiger partial charge in [0.05, 0.1) is 10.6 Å². The largest absolute Gasteiger partial charge is 0.385 e. The van der Waals surface area contributed by atoms with E-state index in [4.69, 9.17) is 16.3 Å². The van der Waals surface area contributed by atoms with Crippen LogP contribution in [-0.4, -0.2) is 57.2 Å². The van der Waals surface area contributed by atoms with Crippen LogP contribution in [-0.2, 0) is 15.1 Å². The van der Waals surface area contributed by atoms with Gasteiger partial charge in [0.1, 0.15) is 5.82 Å². The number of benzene rings is 1.